The van der Waals surface area contributed by atoms with Crippen molar-refractivity contribution in [2.45, 2.75) is 38.5 Å². The van der Waals surface area contributed by atoms with Gasteiger partial charge >= 0.3 is 5.97 Å². The lowest BCUT2D eigenvalue weighted by molar-refractivity contribution is -0.137. The summed E-state index contributed by atoms with van der Waals surface area (Å²) in [4.78, 5) is 21.9. The van der Waals surface area contributed by atoms with Gasteiger partial charge in [0.05, 0.1) is 0 Å². The standard InChI is InChI=1S/C15H20BrNO3/c16-13-6-4-5-12(11-13)8-9-14(18)17-10-3-1-2-7-15(19)20/h4-6,11H,1-3,7-10H2,(H,17,18)(H,19,20). The van der Waals surface area contributed by atoms with Gasteiger partial charge < -0.3 is 10.4 Å². The van der Waals surface area contributed by atoms with Crippen molar-refractivity contribution < 1.29 is 14.7 Å². The molecule has 0 aliphatic heterocycles. The van der Waals surface area contributed by atoms with Crippen LogP contribution in [0, 0.1) is 0 Å². The smallest absolute Gasteiger partial charge is 0.303 e. The first-order valence-corrected chi connectivity index (χ1v) is 7.60. The summed E-state index contributed by atoms with van der Waals surface area (Å²) in [5.41, 5.74) is 1.14. The largest absolute Gasteiger partial charge is 0.481 e. The Morgan fingerprint density at radius 2 is 1.95 bits per heavy atom. The molecule has 0 atom stereocenters. The van der Waals surface area contributed by atoms with Crippen LogP contribution in [-0.2, 0) is 16.0 Å². The molecule has 4 nitrogen and oxygen atoms in total. The number of carboxylic acids is 1. The lowest BCUT2D eigenvalue weighted by Gasteiger charge is -2.05. The van der Waals surface area contributed by atoms with Crippen molar-refractivity contribution in [1.29, 1.82) is 0 Å². The highest BCUT2D eigenvalue weighted by Gasteiger charge is 2.02. The van der Waals surface area contributed by atoms with Crippen molar-refractivity contribution in [2.24, 2.45) is 0 Å². The van der Waals surface area contributed by atoms with E-state index in [2.05, 4.69) is 21.2 Å². The maximum atomic E-state index is 11.6. The predicted octanol–water partition coefficient (Wildman–Crippen LogP) is 3.14. The molecule has 1 amide bonds. The van der Waals surface area contributed by atoms with Crippen LogP contribution in [-0.4, -0.2) is 23.5 Å². The SMILES string of the molecule is O=C(O)CCCCCNC(=O)CCc1cccc(Br)c1. The average molecular weight is 342 g/mol. The Balaban J connectivity index is 2.07. The molecule has 0 spiro atoms. The molecule has 0 saturated carbocycles. The summed E-state index contributed by atoms with van der Waals surface area (Å²) in [6.45, 7) is 0.622. The number of aryl methyl sites for hydroxylation is 1. The zero-order chi connectivity index (χ0) is 14.8. The maximum Gasteiger partial charge on any atom is 0.303 e. The molecule has 0 aliphatic rings. The molecule has 0 unspecified atom stereocenters. The third-order valence-corrected chi connectivity index (χ3v) is 3.41. The highest BCUT2D eigenvalue weighted by atomic mass is 79.9. The molecule has 0 radical (unpaired) electrons. The zero-order valence-corrected chi connectivity index (χ0v) is 13.0. The number of carbonyl (C=O) groups is 2. The predicted molar refractivity (Wildman–Crippen MR) is 81.6 cm³/mol. The quantitative estimate of drug-likeness (QED) is 0.678. The number of unbranched alkanes of at least 4 members (excludes halogenated alkanes) is 2. The number of aliphatic carboxylic acids is 1. The fourth-order valence-electron chi connectivity index (χ4n) is 1.84. The Bertz CT molecular complexity index is 448. The lowest BCUT2D eigenvalue weighted by atomic mass is 10.1. The van der Waals surface area contributed by atoms with Crippen molar-refractivity contribution in [3.63, 3.8) is 0 Å². The first-order chi connectivity index (χ1) is 9.58. The van der Waals surface area contributed by atoms with Crippen molar-refractivity contribution in [3.8, 4) is 0 Å². The molecule has 0 saturated heterocycles. The van der Waals surface area contributed by atoms with E-state index in [1.807, 2.05) is 24.3 Å². The molecule has 110 valence electrons. The first-order valence-electron chi connectivity index (χ1n) is 6.81. The van der Waals surface area contributed by atoms with Gasteiger partial charge in [0.15, 0.2) is 0 Å². The third kappa shape index (κ3) is 7.94. The van der Waals surface area contributed by atoms with Gasteiger partial charge in [0.2, 0.25) is 5.91 Å². The molecule has 1 aromatic carbocycles. The number of benzene rings is 1. The number of amides is 1. The van der Waals surface area contributed by atoms with E-state index >= 15 is 0 Å². The minimum atomic E-state index is -0.761. The minimum Gasteiger partial charge on any atom is -0.481 e. The second-order valence-corrected chi connectivity index (χ2v) is 5.60. The van der Waals surface area contributed by atoms with Crippen LogP contribution in [0.25, 0.3) is 0 Å². The van der Waals surface area contributed by atoms with Gasteiger partial charge in [-0.3, -0.25) is 9.59 Å². The van der Waals surface area contributed by atoms with Gasteiger partial charge in [0.25, 0.3) is 0 Å². The molecule has 0 aliphatic carbocycles. The Morgan fingerprint density at radius 1 is 1.15 bits per heavy atom. The molecular weight excluding hydrogens is 322 g/mol. The van der Waals surface area contributed by atoms with Gasteiger partial charge in [0, 0.05) is 23.9 Å². The summed E-state index contributed by atoms with van der Waals surface area (Å²) < 4.78 is 1.02. The van der Waals surface area contributed by atoms with E-state index in [9.17, 15) is 9.59 Å². The molecular formula is C15H20BrNO3. The van der Waals surface area contributed by atoms with Crippen LogP contribution in [0.15, 0.2) is 28.7 Å². The third-order valence-electron chi connectivity index (χ3n) is 2.92. The molecule has 20 heavy (non-hydrogen) atoms. The van der Waals surface area contributed by atoms with E-state index in [0.717, 1.165) is 29.3 Å². The van der Waals surface area contributed by atoms with Crippen LogP contribution >= 0.6 is 15.9 Å². The van der Waals surface area contributed by atoms with Gasteiger partial charge in [-0.15, -0.1) is 0 Å². The van der Waals surface area contributed by atoms with Crippen LogP contribution in [0.1, 0.15) is 37.7 Å². The van der Waals surface area contributed by atoms with Crippen molar-refractivity contribution in [2.75, 3.05) is 6.54 Å². The Kier molecular flexibility index (Phi) is 7.95. The Labute approximate surface area is 127 Å². The maximum absolute atomic E-state index is 11.6. The highest BCUT2D eigenvalue weighted by molar-refractivity contribution is 9.10. The molecule has 0 aromatic heterocycles. The second kappa shape index (κ2) is 9.53. The molecule has 1 rings (SSSR count). The molecule has 0 bridgehead atoms. The molecule has 1 aromatic rings. The first kappa shape index (κ1) is 16.7. The monoisotopic (exact) mass is 341 g/mol. The second-order valence-electron chi connectivity index (χ2n) is 4.68. The van der Waals surface area contributed by atoms with Crippen molar-refractivity contribution in [1.82, 2.24) is 5.32 Å². The Hall–Kier alpha value is -1.36. The summed E-state index contributed by atoms with van der Waals surface area (Å²) >= 11 is 3.40. The number of rotatable bonds is 9. The number of hydrogen-bond donors (Lipinski definition) is 2. The van der Waals surface area contributed by atoms with Crippen LogP contribution < -0.4 is 5.32 Å². The van der Waals surface area contributed by atoms with E-state index in [1.165, 1.54) is 0 Å². The Morgan fingerprint density at radius 3 is 2.65 bits per heavy atom. The summed E-state index contributed by atoms with van der Waals surface area (Å²) in [7, 11) is 0. The fraction of sp³-hybridized carbons (Fsp3) is 0.467. The molecule has 5 heteroatoms. The summed E-state index contributed by atoms with van der Waals surface area (Å²) in [5.74, 6) is -0.716. The lowest BCUT2D eigenvalue weighted by Crippen LogP contribution is -2.24. The fourth-order valence-corrected chi connectivity index (χ4v) is 2.29. The van der Waals surface area contributed by atoms with Gasteiger partial charge in [-0.2, -0.15) is 0 Å². The van der Waals surface area contributed by atoms with Crippen LogP contribution in [0.5, 0.6) is 0 Å². The van der Waals surface area contributed by atoms with E-state index in [1.54, 1.807) is 0 Å². The molecule has 0 fully saturated rings. The van der Waals surface area contributed by atoms with E-state index in [-0.39, 0.29) is 12.3 Å². The number of carboxylic acid groups (broad SMARTS) is 1. The zero-order valence-electron chi connectivity index (χ0n) is 11.4. The van der Waals surface area contributed by atoms with Crippen LogP contribution in [0.2, 0.25) is 0 Å². The summed E-state index contributed by atoms with van der Waals surface area (Å²) in [6, 6.07) is 7.93. The minimum absolute atomic E-state index is 0.0446. The topological polar surface area (TPSA) is 66.4 Å². The normalized spacial score (nSPS) is 10.2. The number of carbonyl (C=O) groups excluding carboxylic acids is 1. The van der Waals surface area contributed by atoms with E-state index in [4.69, 9.17) is 5.11 Å². The number of halogens is 1. The van der Waals surface area contributed by atoms with Crippen LogP contribution in [0.3, 0.4) is 0 Å². The van der Waals surface area contributed by atoms with Crippen molar-refractivity contribution >= 4 is 27.8 Å². The van der Waals surface area contributed by atoms with E-state index < -0.39 is 5.97 Å². The average Bonchev–Trinajstić information content (AvgIpc) is 2.40. The van der Waals surface area contributed by atoms with Gasteiger partial charge in [-0.1, -0.05) is 34.5 Å². The van der Waals surface area contributed by atoms with Gasteiger partial charge in [-0.25, -0.2) is 0 Å². The van der Waals surface area contributed by atoms with Crippen molar-refractivity contribution in [3.05, 3.63) is 34.3 Å². The molecule has 2 N–H and O–H groups in total. The highest BCUT2D eigenvalue weighted by Crippen LogP contribution is 2.12. The van der Waals surface area contributed by atoms with Gasteiger partial charge in [-0.05, 0) is 37.0 Å². The van der Waals surface area contributed by atoms with Crippen LogP contribution in [0.4, 0.5) is 0 Å². The molecule has 0 heterocycles. The number of hydrogen-bond acceptors (Lipinski definition) is 2. The number of nitrogens with one attached hydrogen (secondary N) is 1. The summed E-state index contributed by atoms with van der Waals surface area (Å²) in [6.07, 6.45) is 3.74. The van der Waals surface area contributed by atoms with E-state index in [0.29, 0.717) is 19.4 Å². The van der Waals surface area contributed by atoms with Gasteiger partial charge in [0.1, 0.15) is 0 Å². The summed E-state index contributed by atoms with van der Waals surface area (Å²) in [5, 5.41) is 11.3.